The number of rotatable bonds is 5. The zero-order valence-electron chi connectivity index (χ0n) is 18.0. The maximum absolute atomic E-state index is 13.5. The van der Waals surface area contributed by atoms with Crippen LogP contribution >= 0.6 is 11.8 Å². The molecular formula is C25H31FN2S. The normalized spacial score (nSPS) is 21.0. The average Bonchev–Trinajstić information content (AvgIpc) is 2.69. The first-order valence-electron chi connectivity index (χ1n) is 10.3. The van der Waals surface area contributed by atoms with Crippen molar-refractivity contribution >= 4 is 23.7 Å². The SMILES string of the molecule is CCC(C)c1ccc(/C=C(/C)F)cc1-c1cc(C2CSC(C)C(=N)N2)ccc1C. The van der Waals surface area contributed by atoms with Crippen LogP contribution in [0.15, 0.2) is 42.2 Å². The van der Waals surface area contributed by atoms with E-state index in [1.165, 1.54) is 34.7 Å². The van der Waals surface area contributed by atoms with Gasteiger partial charge in [0.2, 0.25) is 0 Å². The minimum absolute atomic E-state index is 0.145. The second kappa shape index (κ2) is 9.17. The van der Waals surface area contributed by atoms with Crippen LogP contribution in [0.3, 0.4) is 0 Å². The summed E-state index contributed by atoms with van der Waals surface area (Å²) in [4.78, 5) is 0. The Hall–Kier alpha value is -2.07. The maximum Gasteiger partial charge on any atom is 0.107 e. The topological polar surface area (TPSA) is 35.9 Å². The number of nitrogens with one attached hydrogen (secondary N) is 2. The van der Waals surface area contributed by atoms with Crippen molar-refractivity contribution in [3.05, 3.63) is 64.5 Å². The Balaban J connectivity index is 2.09. The lowest BCUT2D eigenvalue weighted by Crippen LogP contribution is -2.39. The fourth-order valence-corrected chi connectivity index (χ4v) is 4.76. The van der Waals surface area contributed by atoms with E-state index < -0.39 is 0 Å². The van der Waals surface area contributed by atoms with Crippen molar-refractivity contribution in [1.29, 1.82) is 5.41 Å². The number of amidine groups is 1. The smallest absolute Gasteiger partial charge is 0.107 e. The average molecular weight is 411 g/mol. The fraction of sp³-hybridized carbons (Fsp3) is 0.400. The van der Waals surface area contributed by atoms with Gasteiger partial charge in [-0.25, -0.2) is 4.39 Å². The van der Waals surface area contributed by atoms with Gasteiger partial charge in [-0.1, -0.05) is 38.1 Å². The van der Waals surface area contributed by atoms with Gasteiger partial charge in [0, 0.05) is 5.75 Å². The van der Waals surface area contributed by atoms with Crippen LogP contribution in [0, 0.1) is 12.3 Å². The van der Waals surface area contributed by atoms with Crippen LogP contribution in [0.1, 0.15) is 68.3 Å². The van der Waals surface area contributed by atoms with E-state index in [9.17, 15) is 4.39 Å². The van der Waals surface area contributed by atoms with Crippen molar-refractivity contribution in [2.75, 3.05) is 5.75 Å². The summed E-state index contributed by atoms with van der Waals surface area (Å²) in [5, 5.41) is 11.8. The molecule has 154 valence electrons. The summed E-state index contributed by atoms with van der Waals surface area (Å²) in [6.07, 6.45) is 2.64. The second-order valence-electron chi connectivity index (χ2n) is 8.05. The summed E-state index contributed by atoms with van der Waals surface area (Å²) >= 11 is 1.82. The molecule has 0 radical (unpaired) electrons. The highest BCUT2D eigenvalue weighted by Gasteiger charge is 2.24. The molecule has 0 bridgehead atoms. The summed E-state index contributed by atoms with van der Waals surface area (Å²) in [6.45, 7) is 10.1. The third-order valence-corrected chi connectivity index (χ3v) is 7.05. The Kier molecular flexibility index (Phi) is 6.84. The minimum Gasteiger partial charge on any atom is -0.365 e. The van der Waals surface area contributed by atoms with Crippen molar-refractivity contribution < 1.29 is 4.39 Å². The molecule has 3 rings (SSSR count). The molecule has 0 aliphatic carbocycles. The van der Waals surface area contributed by atoms with E-state index in [1.54, 1.807) is 6.08 Å². The summed E-state index contributed by atoms with van der Waals surface area (Å²) in [5.41, 5.74) is 6.98. The third-order valence-electron chi connectivity index (χ3n) is 5.79. The fourth-order valence-electron chi connectivity index (χ4n) is 3.77. The Morgan fingerprint density at radius 3 is 2.69 bits per heavy atom. The molecule has 1 saturated heterocycles. The summed E-state index contributed by atoms with van der Waals surface area (Å²) in [5.74, 6) is 1.79. The molecule has 3 unspecified atom stereocenters. The second-order valence-corrected chi connectivity index (χ2v) is 9.42. The summed E-state index contributed by atoms with van der Waals surface area (Å²) < 4.78 is 13.5. The molecule has 2 aromatic rings. The van der Waals surface area contributed by atoms with Crippen LogP contribution in [0.2, 0.25) is 0 Å². The molecule has 2 N–H and O–H groups in total. The van der Waals surface area contributed by atoms with Gasteiger partial charge in [0.05, 0.1) is 17.1 Å². The van der Waals surface area contributed by atoms with Gasteiger partial charge in [0.15, 0.2) is 0 Å². The van der Waals surface area contributed by atoms with Crippen molar-refractivity contribution in [3.63, 3.8) is 0 Å². The first kappa shape index (κ1) is 21.6. The Morgan fingerprint density at radius 2 is 2.03 bits per heavy atom. The number of allylic oxidation sites excluding steroid dienone is 1. The predicted molar refractivity (Wildman–Crippen MR) is 126 cm³/mol. The molecular weight excluding hydrogens is 379 g/mol. The van der Waals surface area contributed by atoms with Crippen molar-refractivity contribution in [1.82, 2.24) is 5.32 Å². The van der Waals surface area contributed by atoms with Gasteiger partial charge in [-0.2, -0.15) is 0 Å². The van der Waals surface area contributed by atoms with Crippen molar-refractivity contribution in [2.24, 2.45) is 0 Å². The van der Waals surface area contributed by atoms with Gasteiger partial charge in [0.1, 0.15) is 5.84 Å². The van der Waals surface area contributed by atoms with Crippen molar-refractivity contribution in [2.45, 2.75) is 58.2 Å². The zero-order valence-corrected chi connectivity index (χ0v) is 18.8. The number of hydrogen-bond acceptors (Lipinski definition) is 2. The van der Waals surface area contributed by atoms with E-state index in [1.807, 2.05) is 17.8 Å². The lowest BCUT2D eigenvalue weighted by molar-refractivity contribution is 0.648. The van der Waals surface area contributed by atoms with Crippen molar-refractivity contribution in [3.8, 4) is 11.1 Å². The number of thioether (sulfide) groups is 1. The highest BCUT2D eigenvalue weighted by Crippen LogP contribution is 2.36. The molecule has 0 spiro atoms. The van der Waals surface area contributed by atoms with Gasteiger partial charge in [-0.15, -0.1) is 11.8 Å². The minimum atomic E-state index is -0.186. The molecule has 0 amide bonds. The molecule has 0 saturated carbocycles. The largest absolute Gasteiger partial charge is 0.365 e. The number of hydrogen-bond donors (Lipinski definition) is 2. The molecule has 29 heavy (non-hydrogen) atoms. The van der Waals surface area contributed by atoms with Crippen LogP contribution in [0.4, 0.5) is 4.39 Å². The van der Waals surface area contributed by atoms with Crippen LogP contribution in [0.5, 0.6) is 0 Å². The monoisotopic (exact) mass is 410 g/mol. The molecule has 1 aliphatic heterocycles. The number of aryl methyl sites for hydroxylation is 1. The van der Waals surface area contributed by atoms with E-state index in [-0.39, 0.29) is 17.1 Å². The lowest BCUT2D eigenvalue weighted by Gasteiger charge is -2.30. The van der Waals surface area contributed by atoms with Crippen LogP contribution in [-0.2, 0) is 0 Å². The quantitative estimate of drug-likeness (QED) is 0.544. The molecule has 2 nitrogen and oxygen atoms in total. The first-order chi connectivity index (χ1) is 13.8. The van der Waals surface area contributed by atoms with Crippen LogP contribution in [0.25, 0.3) is 17.2 Å². The van der Waals surface area contributed by atoms with Crippen LogP contribution < -0.4 is 5.32 Å². The van der Waals surface area contributed by atoms with Gasteiger partial charge in [0.25, 0.3) is 0 Å². The van der Waals surface area contributed by atoms with Gasteiger partial charge < -0.3 is 5.32 Å². The van der Waals surface area contributed by atoms with E-state index in [0.29, 0.717) is 11.8 Å². The predicted octanol–water partition coefficient (Wildman–Crippen LogP) is 7.25. The van der Waals surface area contributed by atoms with Gasteiger partial charge >= 0.3 is 0 Å². The first-order valence-corrected chi connectivity index (χ1v) is 11.4. The molecule has 0 aromatic heterocycles. The highest BCUT2D eigenvalue weighted by molar-refractivity contribution is 8.00. The Morgan fingerprint density at radius 1 is 1.28 bits per heavy atom. The maximum atomic E-state index is 13.5. The highest BCUT2D eigenvalue weighted by atomic mass is 32.2. The lowest BCUT2D eigenvalue weighted by atomic mass is 9.86. The molecule has 2 aromatic carbocycles. The number of halogens is 1. The molecule has 3 atom stereocenters. The van der Waals surface area contributed by atoms with E-state index >= 15 is 0 Å². The van der Waals surface area contributed by atoms with E-state index in [4.69, 9.17) is 5.41 Å². The standard InChI is InChI=1S/C25H31FN2S/c1-6-15(2)21-10-8-19(11-17(4)26)12-23(21)22-13-20(9-7-16(22)3)24-14-29-18(5)25(27)28-24/h7-13,15,18,24H,6,14H2,1-5H3,(H2,27,28)/b17-11-. The third kappa shape index (κ3) is 4.92. The summed E-state index contributed by atoms with van der Waals surface area (Å²) in [7, 11) is 0. The molecule has 1 heterocycles. The molecule has 4 heteroatoms. The molecule has 1 aliphatic rings. The molecule has 1 fully saturated rings. The zero-order chi connectivity index (χ0) is 21.1. The van der Waals surface area contributed by atoms with E-state index in [2.05, 4.69) is 63.3 Å². The van der Waals surface area contributed by atoms with Crippen LogP contribution in [-0.4, -0.2) is 16.8 Å². The summed E-state index contributed by atoms with van der Waals surface area (Å²) in [6, 6.07) is 13.0. The number of benzene rings is 2. The Bertz CT molecular complexity index is 930. The van der Waals surface area contributed by atoms with Gasteiger partial charge in [-0.05, 0) is 84.7 Å². The van der Waals surface area contributed by atoms with Gasteiger partial charge in [-0.3, -0.25) is 5.41 Å². The Labute approximate surface area is 178 Å². The van der Waals surface area contributed by atoms with E-state index in [0.717, 1.165) is 17.7 Å².